The molecule has 0 aliphatic heterocycles. The van der Waals surface area contributed by atoms with Crippen LogP contribution >= 0.6 is 11.3 Å². The fourth-order valence-corrected chi connectivity index (χ4v) is 3.52. The van der Waals surface area contributed by atoms with E-state index < -0.39 is 0 Å². The minimum atomic E-state index is -0.130. The van der Waals surface area contributed by atoms with Gasteiger partial charge in [-0.25, -0.2) is 4.98 Å². The van der Waals surface area contributed by atoms with Crippen LogP contribution in [0.15, 0.2) is 42.6 Å². The summed E-state index contributed by atoms with van der Waals surface area (Å²) in [6.45, 7) is 1.83. The molecule has 0 fully saturated rings. The molecule has 0 aliphatic carbocycles. The van der Waals surface area contributed by atoms with Crippen molar-refractivity contribution in [2.45, 2.75) is 6.92 Å². The van der Waals surface area contributed by atoms with Crippen molar-refractivity contribution < 1.29 is 14.3 Å². The van der Waals surface area contributed by atoms with E-state index in [2.05, 4.69) is 9.97 Å². The molecule has 134 valence electrons. The first-order valence-corrected chi connectivity index (χ1v) is 8.75. The lowest BCUT2D eigenvalue weighted by Crippen LogP contribution is -2.26. The first kappa shape index (κ1) is 17.9. The fraction of sp³-hybridized carbons (Fsp3) is 0.211. The smallest absolute Gasteiger partial charge is 0.270 e. The second kappa shape index (κ2) is 7.53. The maximum Gasteiger partial charge on any atom is 0.270 e. The van der Waals surface area contributed by atoms with Crippen molar-refractivity contribution in [3.05, 3.63) is 53.2 Å². The maximum absolute atomic E-state index is 13.0. The number of ether oxygens (including phenoxy) is 2. The van der Waals surface area contributed by atoms with Gasteiger partial charge in [0.1, 0.15) is 9.88 Å². The molecule has 7 heteroatoms. The quantitative estimate of drug-likeness (QED) is 0.684. The molecule has 0 saturated heterocycles. The Morgan fingerprint density at radius 2 is 1.88 bits per heavy atom. The fourth-order valence-electron chi connectivity index (χ4n) is 2.50. The third-order valence-electron chi connectivity index (χ3n) is 3.93. The van der Waals surface area contributed by atoms with E-state index in [0.29, 0.717) is 27.8 Å². The summed E-state index contributed by atoms with van der Waals surface area (Å²) in [5, 5.41) is 0.729. The average molecular weight is 369 g/mol. The highest BCUT2D eigenvalue weighted by Crippen LogP contribution is 2.33. The minimum Gasteiger partial charge on any atom is -0.493 e. The van der Waals surface area contributed by atoms with Crippen LogP contribution in [0.5, 0.6) is 11.5 Å². The molecular weight excluding hydrogens is 350 g/mol. The van der Waals surface area contributed by atoms with Crippen LogP contribution in [0.25, 0.3) is 10.7 Å². The largest absolute Gasteiger partial charge is 0.493 e. The number of aryl methyl sites for hydroxylation is 1. The first-order valence-electron chi connectivity index (χ1n) is 7.94. The van der Waals surface area contributed by atoms with Gasteiger partial charge >= 0.3 is 0 Å². The summed E-state index contributed by atoms with van der Waals surface area (Å²) in [5.41, 5.74) is 2.15. The van der Waals surface area contributed by atoms with Crippen molar-refractivity contribution in [1.82, 2.24) is 9.97 Å². The van der Waals surface area contributed by atoms with Gasteiger partial charge in [-0.1, -0.05) is 6.07 Å². The Morgan fingerprint density at radius 1 is 1.12 bits per heavy atom. The van der Waals surface area contributed by atoms with E-state index in [9.17, 15) is 4.79 Å². The number of anilines is 1. The normalized spacial score (nSPS) is 10.5. The number of thiazole rings is 1. The van der Waals surface area contributed by atoms with Gasteiger partial charge in [-0.3, -0.25) is 9.78 Å². The number of amides is 1. The molecular formula is C19H19N3O3S. The van der Waals surface area contributed by atoms with Crippen LogP contribution in [0.4, 0.5) is 5.69 Å². The van der Waals surface area contributed by atoms with E-state index in [1.54, 1.807) is 44.5 Å². The highest BCUT2D eigenvalue weighted by molar-refractivity contribution is 7.17. The van der Waals surface area contributed by atoms with E-state index in [-0.39, 0.29) is 5.91 Å². The number of rotatable bonds is 5. The van der Waals surface area contributed by atoms with Crippen molar-refractivity contribution in [2.75, 3.05) is 26.2 Å². The van der Waals surface area contributed by atoms with Gasteiger partial charge in [0.05, 0.1) is 25.6 Å². The summed E-state index contributed by atoms with van der Waals surface area (Å²) in [7, 11) is 4.87. The second-order valence-electron chi connectivity index (χ2n) is 5.55. The lowest BCUT2D eigenvalue weighted by molar-refractivity contribution is 0.0996. The Morgan fingerprint density at radius 3 is 2.54 bits per heavy atom. The number of nitrogens with zero attached hydrogens (tertiary/aromatic N) is 3. The molecule has 0 atom stereocenters. The number of benzene rings is 1. The number of hydrogen-bond donors (Lipinski definition) is 0. The molecule has 3 aromatic rings. The standard InChI is InChI=1S/C19H19N3O3S/c1-12-17(26-18(21-12)14-7-5-6-10-20-14)19(23)22(2)13-8-9-15(24-3)16(11-13)25-4/h5-11H,1-4H3. The molecule has 0 spiro atoms. The Bertz CT molecular complexity index is 925. The van der Waals surface area contributed by atoms with Crippen molar-refractivity contribution in [2.24, 2.45) is 0 Å². The zero-order valence-corrected chi connectivity index (χ0v) is 15.8. The summed E-state index contributed by atoms with van der Waals surface area (Å²) in [4.78, 5) is 23.9. The minimum absolute atomic E-state index is 0.130. The van der Waals surface area contributed by atoms with E-state index in [1.807, 2.05) is 31.2 Å². The lowest BCUT2D eigenvalue weighted by Gasteiger charge is -2.18. The molecule has 1 aromatic carbocycles. The van der Waals surface area contributed by atoms with Gasteiger partial charge in [0.15, 0.2) is 11.5 Å². The summed E-state index contributed by atoms with van der Waals surface area (Å²) in [6.07, 6.45) is 1.71. The number of carbonyl (C=O) groups excluding carboxylic acids is 1. The van der Waals surface area contributed by atoms with Crippen LogP contribution in [-0.4, -0.2) is 37.1 Å². The van der Waals surface area contributed by atoms with Crippen molar-refractivity contribution in [3.63, 3.8) is 0 Å². The number of methoxy groups -OCH3 is 2. The highest BCUT2D eigenvalue weighted by Gasteiger charge is 2.21. The third kappa shape index (κ3) is 3.39. The van der Waals surface area contributed by atoms with Gasteiger partial charge in [0.2, 0.25) is 0 Å². The molecule has 6 nitrogen and oxygen atoms in total. The van der Waals surface area contributed by atoms with Gasteiger partial charge in [-0.15, -0.1) is 11.3 Å². The molecule has 2 heterocycles. The van der Waals surface area contributed by atoms with Crippen LogP contribution in [0.2, 0.25) is 0 Å². The molecule has 0 aliphatic rings. The summed E-state index contributed by atoms with van der Waals surface area (Å²) >= 11 is 1.34. The zero-order chi connectivity index (χ0) is 18.7. The molecule has 1 amide bonds. The van der Waals surface area contributed by atoms with Gasteiger partial charge in [-0.2, -0.15) is 0 Å². The molecule has 2 aromatic heterocycles. The summed E-state index contributed by atoms with van der Waals surface area (Å²) < 4.78 is 10.6. The van der Waals surface area contributed by atoms with E-state index >= 15 is 0 Å². The zero-order valence-electron chi connectivity index (χ0n) is 15.0. The Balaban J connectivity index is 1.91. The number of hydrogen-bond acceptors (Lipinski definition) is 6. The predicted molar refractivity (Wildman–Crippen MR) is 102 cm³/mol. The maximum atomic E-state index is 13.0. The van der Waals surface area contributed by atoms with Crippen molar-refractivity contribution in [3.8, 4) is 22.2 Å². The van der Waals surface area contributed by atoms with Gasteiger partial charge in [0, 0.05) is 25.0 Å². The second-order valence-corrected chi connectivity index (χ2v) is 6.55. The van der Waals surface area contributed by atoms with Crippen LogP contribution in [-0.2, 0) is 0 Å². The number of carbonyl (C=O) groups is 1. The third-order valence-corrected chi connectivity index (χ3v) is 5.10. The van der Waals surface area contributed by atoms with Gasteiger partial charge in [-0.05, 0) is 31.2 Å². The predicted octanol–water partition coefficient (Wildman–Crippen LogP) is 3.81. The molecule has 0 radical (unpaired) electrons. The monoisotopic (exact) mass is 369 g/mol. The van der Waals surface area contributed by atoms with Crippen LogP contribution in [0, 0.1) is 6.92 Å². The van der Waals surface area contributed by atoms with Gasteiger partial charge < -0.3 is 14.4 Å². The van der Waals surface area contributed by atoms with Gasteiger partial charge in [0.25, 0.3) is 5.91 Å². The van der Waals surface area contributed by atoms with Crippen LogP contribution in [0.1, 0.15) is 15.4 Å². The highest BCUT2D eigenvalue weighted by atomic mass is 32.1. The Kier molecular flexibility index (Phi) is 5.18. The van der Waals surface area contributed by atoms with Crippen molar-refractivity contribution >= 4 is 22.9 Å². The molecule has 26 heavy (non-hydrogen) atoms. The van der Waals surface area contributed by atoms with E-state index in [4.69, 9.17) is 9.47 Å². The SMILES string of the molecule is COc1ccc(N(C)C(=O)c2sc(-c3ccccn3)nc2C)cc1OC. The van der Waals surface area contributed by atoms with Crippen LogP contribution in [0.3, 0.4) is 0 Å². The molecule has 0 unspecified atom stereocenters. The average Bonchev–Trinajstić information content (AvgIpc) is 3.08. The molecule has 3 rings (SSSR count). The van der Waals surface area contributed by atoms with E-state index in [1.165, 1.54) is 11.3 Å². The Labute approximate surface area is 156 Å². The van der Waals surface area contributed by atoms with Crippen LogP contribution < -0.4 is 14.4 Å². The Hall–Kier alpha value is -2.93. The van der Waals surface area contributed by atoms with Crippen molar-refractivity contribution in [1.29, 1.82) is 0 Å². The van der Waals surface area contributed by atoms with E-state index in [0.717, 1.165) is 10.7 Å². The number of pyridine rings is 1. The summed E-state index contributed by atoms with van der Waals surface area (Å²) in [5.74, 6) is 1.05. The topological polar surface area (TPSA) is 64.5 Å². The number of aromatic nitrogens is 2. The molecule has 0 saturated carbocycles. The first-order chi connectivity index (χ1) is 12.5. The molecule has 0 N–H and O–H groups in total. The summed E-state index contributed by atoms with van der Waals surface area (Å²) in [6, 6.07) is 11.0. The lowest BCUT2D eigenvalue weighted by atomic mass is 10.2. The molecule has 0 bridgehead atoms.